The zero-order chi connectivity index (χ0) is 15.0. The first-order chi connectivity index (χ1) is 10.0. The average Bonchev–Trinajstić information content (AvgIpc) is 2.81. The van der Waals surface area contributed by atoms with Crippen LogP contribution in [0.2, 0.25) is 0 Å². The third-order valence-corrected chi connectivity index (χ3v) is 3.60. The molecule has 1 aromatic heterocycles. The topological polar surface area (TPSA) is 17.8 Å². The number of benzene rings is 2. The highest BCUT2D eigenvalue weighted by molar-refractivity contribution is 9.10. The van der Waals surface area contributed by atoms with Crippen molar-refractivity contribution in [2.24, 2.45) is 0 Å². The van der Waals surface area contributed by atoms with E-state index >= 15 is 0 Å². The van der Waals surface area contributed by atoms with Crippen molar-refractivity contribution in [2.75, 3.05) is 0 Å². The van der Waals surface area contributed by atoms with Gasteiger partial charge in [0, 0.05) is 10.0 Å². The molecule has 0 aliphatic heterocycles. The second-order valence-electron chi connectivity index (χ2n) is 4.68. The number of halogens is 3. The zero-order valence-corrected chi connectivity index (χ0v) is 12.7. The predicted octanol–water partition coefficient (Wildman–Crippen LogP) is 4.89. The van der Waals surface area contributed by atoms with Crippen LogP contribution in [-0.4, -0.2) is 9.78 Å². The van der Waals surface area contributed by atoms with Gasteiger partial charge >= 0.3 is 0 Å². The Morgan fingerprint density at radius 1 is 1.00 bits per heavy atom. The van der Waals surface area contributed by atoms with E-state index in [-0.39, 0.29) is 11.6 Å². The van der Waals surface area contributed by atoms with E-state index in [1.54, 1.807) is 35.0 Å². The van der Waals surface area contributed by atoms with Gasteiger partial charge in [0.15, 0.2) is 0 Å². The predicted molar refractivity (Wildman–Crippen MR) is 81.4 cm³/mol. The monoisotopic (exact) mass is 348 g/mol. The number of aryl methyl sites for hydroxylation is 1. The molecule has 0 saturated heterocycles. The first-order valence-electron chi connectivity index (χ1n) is 6.32. The van der Waals surface area contributed by atoms with Gasteiger partial charge in [-0.15, -0.1) is 0 Å². The maximum Gasteiger partial charge on any atom is 0.133 e. The standard InChI is InChI=1S/C16H11BrF2N2/c1-10-8-16(14-7-2-11(17)9-15(14)19)21(20-10)13-5-3-12(18)4-6-13/h2-9H,1H3. The highest BCUT2D eigenvalue weighted by Crippen LogP contribution is 2.28. The lowest BCUT2D eigenvalue weighted by Crippen LogP contribution is -2.00. The van der Waals surface area contributed by atoms with Crippen LogP contribution in [0.1, 0.15) is 5.69 Å². The molecule has 0 unspecified atom stereocenters. The van der Waals surface area contributed by atoms with Crippen molar-refractivity contribution < 1.29 is 8.78 Å². The van der Waals surface area contributed by atoms with Crippen molar-refractivity contribution in [3.05, 3.63) is 70.3 Å². The third-order valence-electron chi connectivity index (χ3n) is 3.11. The summed E-state index contributed by atoms with van der Waals surface area (Å²) in [6.45, 7) is 1.83. The Morgan fingerprint density at radius 2 is 1.71 bits per heavy atom. The van der Waals surface area contributed by atoms with Gasteiger partial charge in [-0.25, -0.2) is 13.5 Å². The van der Waals surface area contributed by atoms with Gasteiger partial charge in [-0.3, -0.25) is 0 Å². The van der Waals surface area contributed by atoms with Gasteiger partial charge in [-0.2, -0.15) is 5.10 Å². The number of nitrogens with zero attached hydrogens (tertiary/aromatic N) is 2. The van der Waals surface area contributed by atoms with Gasteiger partial charge in [0.2, 0.25) is 0 Å². The first kappa shape index (κ1) is 13.9. The Bertz CT molecular complexity index is 795. The fourth-order valence-corrected chi connectivity index (χ4v) is 2.50. The number of aromatic nitrogens is 2. The van der Waals surface area contributed by atoms with E-state index in [1.807, 2.05) is 6.92 Å². The molecule has 0 atom stereocenters. The lowest BCUT2D eigenvalue weighted by atomic mass is 10.1. The summed E-state index contributed by atoms with van der Waals surface area (Å²) in [6.07, 6.45) is 0. The van der Waals surface area contributed by atoms with Crippen LogP contribution >= 0.6 is 15.9 Å². The Kier molecular flexibility index (Phi) is 3.59. The molecule has 0 spiro atoms. The highest BCUT2D eigenvalue weighted by Gasteiger charge is 2.14. The Balaban J connectivity index is 2.17. The smallest absolute Gasteiger partial charge is 0.133 e. The van der Waals surface area contributed by atoms with Gasteiger partial charge in [0.1, 0.15) is 11.6 Å². The molecule has 106 valence electrons. The highest BCUT2D eigenvalue weighted by atomic mass is 79.9. The molecule has 2 nitrogen and oxygen atoms in total. The average molecular weight is 349 g/mol. The summed E-state index contributed by atoms with van der Waals surface area (Å²) in [5.74, 6) is -0.661. The van der Waals surface area contributed by atoms with Crippen LogP contribution in [0.3, 0.4) is 0 Å². The zero-order valence-electron chi connectivity index (χ0n) is 11.1. The second kappa shape index (κ2) is 5.41. The number of rotatable bonds is 2. The number of hydrogen-bond donors (Lipinski definition) is 0. The molecule has 0 saturated carbocycles. The first-order valence-corrected chi connectivity index (χ1v) is 7.12. The quantitative estimate of drug-likeness (QED) is 0.644. The molecule has 0 fully saturated rings. The summed E-state index contributed by atoms with van der Waals surface area (Å²) in [6, 6.07) is 12.6. The van der Waals surface area contributed by atoms with Gasteiger partial charge in [-0.05, 0) is 55.5 Å². The molecule has 5 heteroatoms. The maximum absolute atomic E-state index is 14.2. The van der Waals surface area contributed by atoms with Crippen molar-refractivity contribution in [3.63, 3.8) is 0 Å². The molecule has 0 aliphatic carbocycles. The fourth-order valence-electron chi connectivity index (χ4n) is 2.17. The van der Waals surface area contributed by atoms with E-state index in [9.17, 15) is 8.78 Å². The van der Waals surface area contributed by atoms with Crippen LogP contribution in [0.4, 0.5) is 8.78 Å². The Labute approximate surface area is 129 Å². The van der Waals surface area contributed by atoms with Crippen LogP contribution < -0.4 is 0 Å². The van der Waals surface area contributed by atoms with Crippen molar-refractivity contribution in [1.82, 2.24) is 9.78 Å². The van der Waals surface area contributed by atoms with Crippen molar-refractivity contribution in [3.8, 4) is 16.9 Å². The van der Waals surface area contributed by atoms with Crippen molar-refractivity contribution >= 4 is 15.9 Å². The Morgan fingerprint density at radius 3 is 2.38 bits per heavy atom. The van der Waals surface area contributed by atoms with Crippen molar-refractivity contribution in [1.29, 1.82) is 0 Å². The van der Waals surface area contributed by atoms with Crippen LogP contribution in [0.5, 0.6) is 0 Å². The molecule has 1 heterocycles. The fraction of sp³-hybridized carbons (Fsp3) is 0.0625. The molecule has 0 N–H and O–H groups in total. The SMILES string of the molecule is Cc1cc(-c2ccc(Br)cc2F)n(-c2ccc(F)cc2)n1. The lowest BCUT2D eigenvalue weighted by molar-refractivity contribution is 0.625. The summed E-state index contributed by atoms with van der Waals surface area (Å²) in [5.41, 5.74) is 2.52. The van der Waals surface area contributed by atoms with Gasteiger partial charge in [0.05, 0.1) is 17.1 Å². The van der Waals surface area contributed by atoms with Crippen LogP contribution in [0, 0.1) is 18.6 Å². The molecule has 0 radical (unpaired) electrons. The summed E-state index contributed by atoms with van der Waals surface area (Å²) < 4.78 is 29.5. The summed E-state index contributed by atoms with van der Waals surface area (Å²) in [7, 11) is 0. The van der Waals surface area contributed by atoms with Crippen molar-refractivity contribution in [2.45, 2.75) is 6.92 Å². The minimum atomic E-state index is -0.340. The molecule has 0 amide bonds. The minimum absolute atomic E-state index is 0.320. The lowest BCUT2D eigenvalue weighted by Gasteiger charge is -2.08. The van der Waals surface area contributed by atoms with Gasteiger partial charge < -0.3 is 0 Å². The molecule has 3 rings (SSSR count). The summed E-state index contributed by atoms with van der Waals surface area (Å²) in [4.78, 5) is 0. The van der Waals surface area contributed by atoms with E-state index in [4.69, 9.17) is 0 Å². The van der Waals surface area contributed by atoms with E-state index in [2.05, 4.69) is 21.0 Å². The molecule has 21 heavy (non-hydrogen) atoms. The minimum Gasteiger partial charge on any atom is -0.233 e. The van der Waals surface area contributed by atoms with Crippen LogP contribution in [0.15, 0.2) is 53.0 Å². The molecular weight excluding hydrogens is 338 g/mol. The maximum atomic E-state index is 14.2. The molecule has 0 aliphatic rings. The van der Waals surface area contributed by atoms with Gasteiger partial charge in [-0.1, -0.05) is 15.9 Å². The third kappa shape index (κ3) is 2.74. The summed E-state index contributed by atoms with van der Waals surface area (Å²) >= 11 is 3.24. The molecule has 2 aromatic carbocycles. The second-order valence-corrected chi connectivity index (χ2v) is 5.60. The van der Waals surface area contributed by atoms with E-state index in [0.29, 0.717) is 21.4 Å². The van der Waals surface area contributed by atoms with Crippen LogP contribution in [0.25, 0.3) is 16.9 Å². The summed E-state index contributed by atoms with van der Waals surface area (Å²) in [5, 5.41) is 4.37. The largest absolute Gasteiger partial charge is 0.233 e. The normalized spacial score (nSPS) is 10.9. The Hall–Kier alpha value is -2.01. The van der Waals surface area contributed by atoms with Gasteiger partial charge in [0.25, 0.3) is 0 Å². The van der Waals surface area contributed by atoms with E-state index < -0.39 is 0 Å². The molecular formula is C16H11BrF2N2. The van der Waals surface area contributed by atoms with E-state index in [1.165, 1.54) is 18.2 Å². The number of hydrogen-bond acceptors (Lipinski definition) is 1. The molecule has 0 bridgehead atoms. The molecule has 3 aromatic rings. The van der Waals surface area contributed by atoms with E-state index in [0.717, 1.165) is 5.69 Å². The van der Waals surface area contributed by atoms with Crippen LogP contribution in [-0.2, 0) is 0 Å².